The first-order valence-electron chi connectivity index (χ1n) is 11.1. The van der Waals surface area contributed by atoms with E-state index in [0.29, 0.717) is 11.8 Å². The van der Waals surface area contributed by atoms with E-state index in [1.165, 1.54) is 41.7 Å². The predicted octanol–water partition coefficient (Wildman–Crippen LogP) is 7.32. The number of hydrogen-bond acceptors (Lipinski definition) is 1. The SMILES string of the molecule is CCC/C=C/[C@H]1CCc2c(ccc3c2CC[C@H](c2ccc(OC(F)(F)F)cc2)C3)C1. The average molecular weight is 415 g/mol. The largest absolute Gasteiger partial charge is 0.573 e. The van der Waals surface area contributed by atoms with Crippen LogP contribution in [0.4, 0.5) is 13.2 Å². The average Bonchev–Trinajstić information content (AvgIpc) is 2.73. The van der Waals surface area contributed by atoms with Crippen LogP contribution in [0.5, 0.6) is 5.75 Å². The lowest BCUT2D eigenvalue weighted by atomic mass is 9.74. The molecule has 0 N–H and O–H groups in total. The summed E-state index contributed by atoms with van der Waals surface area (Å²) in [5, 5.41) is 0. The van der Waals surface area contributed by atoms with Crippen LogP contribution >= 0.6 is 0 Å². The predicted molar refractivity (Wildman–Crippen MR) is 114 cm³/mol. The first-order chi connectivity index (χ1) is 14.4. The fraction of sp³-hybridized carbons (Fsp3) is 0.462. The van der Waals surface area contributed by atoms with Crippen LogP contribution in [-0.2, 0) is 25.7 Å². The first kappa shape index (κ1) is 21.0. The van der Waals surface area contributed by atoms with E-state index in [9.17, 15) is 13.2 Å². The van der Waals surface area contributed by atoms with Crippen molar-refractivity contribution < 1.29 is 17.9 Å². The molecule has 2 aliphatic rings. The molecule has 0 amide bonds. The topological polar surface area (TPSA) is 9.23 Å². The van der Waals surface area contributed by atoms with Gasteiger partial charge in [-0.3, -0.25) is 0 Å². The Morgan fingerprint density at radius 2 is 1.60 bits per heavy atom. The summed E-state index contributed by atoms with van der Waals surface area (Å²) in [4.78, 5) is 0. The van der Waals surface area contributed by atoms with Gasteiger partial charge < -0.3 is 4.74 Å². The molecule has 2 aliphatic carbocycles. The molecular weight excluding hydrogens is 385 g/mol. The van der Waals surface area contributed by atoms with Crippen LogP contribution in [0.15, 0.2) is 48.6 Å². The Balaban J connectivity index is 1.45. The maximum absolute atomic E-state index is 12.4. The third-order valence-corrected chi connectivity index (χ3v) is 6.53. The molecule has 0 bridgehead atoms. The molecule has 2 atom stereocenters. The van der Waals surface area contributed by atoms with Gasteiger partial charge in [0.2, 0.25) is 0 Å². The number of ether oxygens (including phenoxy) is 1. The van der Waals surface area contributed by atoms with Crippen molar-refractivity contribution in [3.63, 3.8) is 0 Å². The second-order valence-corrected chi connectivity index (χ2v) is 8.62. The fourth-order valence-electron chi connectivity index (χ4n) is 5.04. The third-order valence-electron chi connectivity index (χ3n) is 6.53. The highest BCUT2D eigenvalue weighted by atomic mass is 19.4. The van der Waals surface area contributed by atoms with E-state index in [4.69, 9.17) is 0 Å². The Bertz CT molecular complexity index is 896. The van der Waals surface area contributed by atoms with Crippen molar-refractivity contribution in [1.82, 2.24) is 0 Å². The van der Waals surface area contributed by atoms with Crippen LogP contribution in [0.2, 0.25) is 0 Å². The standard InChI is InChI=1S/C26H29F3O/c1-2-3-4-5-18-6-14-24-21(16-18)7-8-22-17-20(11-15-25(22)24)19-9-12-23(13-10-19)30-26(27,28)29/h4-5,7-10,12-13,18,20H,2-3,6,11,14-17H2,1H3/b5-4+/t18-,20-/m0/s1. The summed E-state index contributed by atoms with van der Waals surface area (Å²) >= 11 is 0. The van der Waals surface area contributed by atoms with Gasteiger partial charge in [-0.25, -0.2) is 0 Å². The van der Waals surface area contributed by atoms with Gasteiger partial charge in [0.05, 0.1) is 0 Å². The van der Waals surface area contributed by atoms with Crippen LogP contribution < -0.4 is 4.74 Å². The van der Waals surface area contributed by atoms with Gasteiger partial charge in [-0.15, -0.1) is 13.2 Å². The van der Waals surface area contributed by atoms with Crippen LogP contribution in [0.25, 0.3) is 0 Å². The van der Waals surface area contributed by atoms with Gasteiger partial charge in [0.15, 0.2) is 0 Å². The van der Waals surface area contributed by atoms with Crippen LogP contribution in [0.1, 0.15) is 66.3 Å². The second kappa shape index (κ2) is 8.87. The molecule has 4 rings (SSSR count). The van der Waals surface area contributed by atoms with Crippen LogP contribution in [-0.4, -0.2) is 6.36 Å². The number of hydrogen-bond donors (Lipinski definition) is 0. The molecule has 0 aromatic heterocycles. The minimum absolute atomic E-state index is 0.154. The highest BCUT2D eigenvalue weighted by Gasteiger charge is 2.31. The van der Waals surface area contributed by atoms with Crippen molar-refractivity contribution in [2.24, 2.45) is 5.92 Å². The molecule has 0 fully saturated rings. The van der Waals surface area contributed by atoms with Gasteiger partial charge in [0, 0.05) is 0 Å². The number of benzene rings is 2. The molecule has 0 unspecified atom stereocenters. The number of unbranched alkanes of at least 4 members (excludes halogenated alkanes) is 1. The van der Waals surface area contributed by atoms with Crippen molar-refractivity contribution in [1.29, 1.82) is 0 Å². The minimum Gasteiger partial charge on any atom is -0.406 e. The maximum atomic E-state index is 12.4. The van der Waals surface area contributed by atoms with Gasteiger partial charge in [0.1, 0.15) is 5.75 Å². The van der Waals surface area contributed by atoms with Crippen molar-refractivity contribution in [2.75, 3.05) is 0 Å². The highest BCUT2D eigenvalue weighted by Crippen LogP contribution is 2.39. The Morgan fingerprint density at radius 1 is 0.933 bits per heavy atom. The lowest BCUT2D eigenvalue weighted by molar-refractivity contribution is -0.274. The quantitative estimate of drug-likeness (QED) is 0.466. The summed E-state index contributed by atoms with van der Waals surface area (Å²) in [5.74, 6) is 0.860. The van der Waals surface area contributed by atoms with E-state index >= 15 is 0 Å². The molecule has 0 saturated carbocycles. The van der Waals surface area contributed by atoms with Gasteiger partial charge >= 0.3 is 6.36 Å². The zero-order valence-corrected chi connectivity index (χ0v) is 17.5. The van der Waals surface area contributed by atoms with Crippen molar-refractivity contribution in [2.45, 2.75) is 70.6 Å². The molecule has 30 heavy (non-hydrogen) atoms. The Hall–Kier alpha value is -2.23. The molecule has 4 heteroatoms. The van der Waals surface area contributed by atoms with E-state index in [2.05, 4.69) is 35.9 Å². The minimum atomic E-state index is -4.64. The summed E-state index contributed by atoms with van der Waals surface area (Å²) in [7, 11) is 0. The van der Waals surface area contributed by atoms with E-state index in [0.717, 1.165) is 44.1 Å². The van der Waals surface area contributed by atoms with Gasteiger partial charge in [0.25, 0.3) is 0 Å². The van der Waals surface area contributed by atoms with E-state index in [1.54, 1.807) is 17.7 Å². The number of allylic oxidation sites excluding steroid dienone is 2. The number of fused-ring (bicyclic) bond motifs is 3. The number of rotatable bonds is 5. The van der Waals surface area contributed by atoms with E-state index < -0.39 is 6.36 Å². The molecule has 2 aromatic rings. The Labute approximate surface area is 177 Å². The van der Waals surface area contributed by atoms with Gasteiger partial charge in [-0.1, -0.05) is 49.8 Å². The summed E-state index contributed by atoms with van der Waals surface area (Å²) in [6.45, 7) is 2.21. The summed E-state index contributed by atoms with van der Waals surface area (Å²) in [6.07, 6.45) is 9.07. The lowest BCUT2D eigenvalue weighted by Crippen LogP contribution is -2.20. The molecule has 0 saturated heterocycles. The maximum Gasteiger partial charge on any atom is 0.573 e. The number of halogens is 3. The Kier molecular flexibility index (Phi) is 6.21. The fourth-order valence-corrected chi connectivity index (χ4v) is 5.04. The van der Waals surface area contributed by atoms with E-state index in [-0.39, 0.29) is 5.75 Å². The van der Waals surface area contributed by atoms with Gasteiger partial charge in [-0.05, 0) is 96.7 Å². The monoisotopic (exact) mass is 414 g/mol. The summed E-state index contributed by atoms with van der Waals surface area (Å²) in [6, 6.07) is 11.0. The highest BCUT2D eigenvalue weighted by molar-refractivity contribution is 5.46. The molecule has 0 spiro atoms. The van der Waals surface area contributed by atoms with Gasteiger partial charge in [-0.2, -0.15) is 0 Å². The molecular formula is C26H29F3O. The zero-order valence-electron chi connectivity index (χ0n) is 17.5. The van der Waals surface area contributed by atoms with Crippen molar-refractivity contribution >= 4 is 0 Å². The molecule has 160 valence electrons. The normalized spacial score (nSPS) is 21.3. The first-order valence-corrected chi connectivity index (χ1v) is 11.1. The number of alkyl halides is 3. The molecule has 0 heterocycles. The van der Waals surface area contributed by atoms with E-state index in [1.807, 2.05) is 0 Å². The molecule has 0 aliphatic heterocycles. The zero-order chi connectivity index (χ0) is 21.1. The molecule has 1 nitrogen and oxygen atoms in total. The molecule has 2 aromatic carbocycles. The molecule has 0 radical (unpaired) electrons. The smallest absolute Gasteiger partial charge is 0.406 e. The van der Waals surface area contributed by atoms with Crippen LogP contribution in [0.3, 0.4) is 0 Å². The lowest BCUT2D eigenvalue weighted by Gasteiger charge is -2.31. The summed E-state index contributed by atoms with van der Waals surface area (Å²) < 4.78 is 41.1. The summed E-state index contributed by atoms with van der Waals surface area (Å²) in [5.41, 5.74) is 7.13. The van der Waals surface area contributed by atoms with Crippen molar-refractivity contribution in [3.8, 4) is 5.75 Å². The second-order valence-electron chi connectivity index (χ2n) is 8.62. The Morgan fingerprint density at radius 3 is 2.27 bits per heavy atom. The van der Waals surface area contributed by atoms with Crippen molar-refractivity contribution in [3.05, 3.63) is 76.4 Å². The van der Waals surface area contributed by atoms with Crippen LogP contribution in [0, 0.1) is 5.92 Å². The third kappa shape index (κ3) is 4.91.